The molecular weight excluding hydrogens is 334 g/mol. The lowest BCUT2D eigenvalue weighted by atomic mass is 10.1. The topological polar surface area (TPSA) is 86.4 Å². The van der Waals surface area contributed by atoms with E-state index in [0.717, 1.165) is 24.8 Å². The molecule has 1 aromatic carbocycles. The van der Waals surface area contributed by atoms with Gasteiger partial charge in [0, 0.05) is 36.5 Å². The first-order valence-corrected chi connectivity index (χ1v) is 9.36. The molecular formula is C19H21N3O4. The van der Waals surface area contributed by atoms with Crippen LogP contribution in [-0.4, -0.2) is 22.1 Å². The molecule has 0 bridgehead atoms. The number of hydrogen-bond acceptors (Lipinski definition) is 5. The summed E-state index contributed by atoms with van der Waals surface area (Å²) in [6, 6.07) is 5.02. The van der Waals surface area contributed by atoms with Gasteiger partial charge in [-0.2, -0.15) is 0 Å². The average Bonchev–Trinajstić information content (AvgIpc) is 3.50. The summed E-state index contributed by atoms with van der Waals surface area (Å²) in [5, 5.41) is 15.5. The van der Waals surface area contributed by atoms with Crippen molar-refractivity contribution in [2.45, 2.75) is 44.7 Å². The zero-order valence-electron chi connectivity index (χ0n) is 14.4. The van der Waals surface area contributed by atoms with E-state index in [1.165, 1.54) is 18.9 Å². The standard InChI is InChI=1S/C19H21N3O4/c23-19-18-17(20-15(7-8-26-18)12-3-4-12)14-9-13(22(24)25)5-6-16(14)21(19)10-11-1-2-11/h5-6,9,11-12,15,20H,1-4,7-8,10H2/t15-/m1/s1. The first-order chi connectivity index (χ1) is 12.6. The molecule has 1 aromatic heterocycles. The molecule has 1 N–H and O–H groups in total. The van der Waals surface area contributed by atoms with Gasteiger partial charge in [0.2, 0.25) is 5.75 Å². The number of ether oxygens (including phenoxy) is 1. The number of nitro groups is 1. The van der Waals surface area contributed by atoms with Gasteiger partial charge in [0.15, 0.2) is 0 Å². The van der Waals surface area contributed by atoms with Crippen molar-refractivity contribution in [3.63, 3.8) is 0 Å². The van der Waals surface area contributed by atoms with E-state index in [1.54, 1.807) is 16.7 Å². The van der Waals surface area contributed by atoms with Gasteiger partial charge in [-0.3, -0.25) is 14.9 Å². The van der Waals surface area contributed by atoms with Gasteiger partial charge >= 0.3 is 0 Å². The molecule has 7 nitrogen and oxygen atoms in total. The molecule has 1 atom stereocenters. The molecule has 2 aromatic rings. The van der Waals surface area contributed by atoms with Gasteiger partial charge in [0.1, 0.15) is 0 Å². The summed E-state index contributed by atoms with van der Waals surface area (Å²) in [5.41, 5.74) is 1.29. The fourth-order valence-electron chi connectivity index (χ4n) is 3.95. The molecule has 0 radical (unpaired) electrons. The van der Waals surface area contributed by atoms with E-state index in [-0.39, 0.29) is 17.3 Å². The maximum atomic E-state index is 13.1. The van der Waals surface area contributed by atoms with Gasteiger partial charge in [-0.05, 0) is 43.6 Å². The lowest BCUT2D eigenvalue weighted by Crippen LogP contribution is -2.25. The van der Waals surface area contributed by atoms with Crippen LogP contribution in [0, 0.1) is 22.0 Å². The van der Waals surface area contributed by atoms with Crippen molar-refractivity contribution < 1.29 is 9.66 Å². The van der Waals surface area contributed by atoms with Crippen molar-refractivity contribution in [2.75, 3.05) is 11.9 Å². The molecule has 26 heavy (non-hydrogen) atoms. The molecule has 1 aliphatic heterocycles. The number of aromatic nitrogens is 1. The van der Waals surface area contributed by atoms with E-state index in [2.05, 4.69) is 5.32 Å². The Balaban J connectivity index is 1.74. The Labute approximate surface area is 150 Å². The third-order valence-electron chi connectivity index (χ3n) is 5.75. The smallest absolute Gasteiger partial charge is 0.295 e. The Kier molecular flexibility index (Phi) is 3.45. The Bertz CT molecular complexity index is 959. The molecule has 2 saturated carbocycles. The molecule has 0 unspecified atom stereocenters. The number of anilines is 1. The van der Waals surface area contributed by atoms with Crippen LogP contribution in [0.15, 0.2) is 23.0 Å². The molecule has 2 aliphatic carbocycles. The van der Waals surface area contributed by atoms with Crippen LogP contribution >= 0.6 is 0 Å². The van der Waals surface area contributed by atoms with Crippen LogP contribution in [0.1, 0.15) is 32.1 Å². The normalized spacial score (nSPS) is 22.2. The maximum absolute atomic E-state index is 13.1. The van der Waals surface area contributed by atoms with Crippen LogP contribution < -0.4 is 15.6 Å². The molecule has 0 saturated heterocycles. The maximum Gasteiger partial charge on any atom is 0.295 e. The van der Waals surface area contributed by atoms with Crippen molar-refractivity contribution >= 4 is 22.3 Å². The van der Waals surface area contributed by atoms with Gasteiger partial charge < -0.3 is 14.6 Å². The zero-order valence-corrected chi connectivity index (χ0v) is 14.4. The summed E-state index contributed by atoms with van der Waals surface area (Å²) in [7, 11) is 0. The summed E-state index contributed by atoms with van der Waals surface area (Å²) in [6.07, 6.45) is 5.47. The number of non-ortho nitro benzene ring substituents is 1. The van der Waals surface area contributed by atoms with Crippen molar-refractivity contribution in [3.8, 4) is 5.75 Å². The van der Waals surface area contributed by atoms with E-state index in [0.29, 0.717) is 41.8 Å². The second-order valence-electron chi connectivity index (χ2n) is 7.75. The summed E-state index contributed by atoms with van der Waals surface area (Å²) >= 11 is 0. The minimum absolute atomic E-state index is 0.0327. The van der Waals surface area contributed by atoms with Gasteiger partial charge in [0.05, 0.1) is 22.7 Å². The van der Waals surface area contributed by atoms with E-state index in [1.807, 2.05) is 0 Å². The minimum Gasteiger partial charge on any atom is -0.486 e. The highest BCUT2D eigenvalue weighted by Gasteiger charge is 2.35. The van der Waals surface area contributed by atoms with Gasteiger partial charge in [-0.25, -0.2) is 0 Å². The Hall–Kier alpha value is -2.57. The number of fused-ring (bicyclic) bond motifs is 3. The molecule has 5 rings (SSSR count). The highest BCUT2D eigenvalue weighted by Crippen LogP contribution is 2.41. The number of hydrogen-bond donors (Lipinski definition) is 1. The van der Waals surface area contributed by atoms with Crippen molar-refractivity contribution in [2.24, 2.45) is 11.8 Å². The molecule has 2 fully saturated rings. The summed E-state index contributed by atoms with van der Waals surface area (Å²) in [5.74, 6) is 1.44. The molecule has 2 heterocycles. The van der Waals surface area contributed by atoms with Gasteiger partial charge in [-0.15, -0.1) is 0 Å². The SMILES string of the molecule is O=c1c2c(c3cc([N+](=O)[O-])ccc3n1CC1CC1)N[C@@H](C1CC1)CCO2. The number of pyridine rings is 1. The Morgan fingerprint density at radius 2 is 2.04 bits per heavy atom. The number of rotatable bonds is 4. The monoisotopic (exact) mass is 355 g/mol. The van der Waals surface area contributed by atoms with Crippen LogP contribution in [0.2, 0.25) is 0 Å². The fraction of sp³-hybridized carbons (Fsp3) is 0.526. The predicted octanol–water partition coefficient (Wildman–Crippen LogP) is 3.29. The van der Waals surface area contributed by atoms with E-state index in [4.69, 9.17) is 4.74 Å². The third-order valence-corrected chi connectivity index (χ3v) is 5.75. The first-order valence-electron chi connectivity index (χ1n) is 9.36. The largest absolute Gasteiger partial charge is 0.486 e. The zero-order chi connectivity index (χ0) is 17.8. The van der Waals surface area contributed by atoms with Crippen molar-refractivity contribution in [3.05, 3.63) is 38.7 Å². The highest BCUT2D eigenvalue weighted by atomic mass is 16.6. The second kappa shape index (κ2) is 5.72. The van der Waals surface area contributed by atoms with Crippen LogP contribution in [0.4, 0.5) is 11.4 Å². The average molecular weight is 355 g/mol. The Morgan fingerprint density at radius 1 is 1.23 bits per heavy atom. The van der Waals surface area contributed by atoms with Crippen LogP contribution in [-0.2, 0) is 6.54 Å². The quantitative estimate of drug-likeness (QED) is 0.672. The predicted molar refractivity (Wildman–Crippen MR) is 97.8 cm³/mol. The van der Waals surface area contributed by atoms with Crippen molar-refractivity contribution in [1.29, 1.82) is 0 Å². The lowest BCUT2D eigenvalue weighted by Gasteiger charge is -2.19. The second-order valence-corrected chi connectivity index (χ2v) is 7.75. The molecule has 3 aliphatic rings. The number of nitro benzene ring substituents is 1. The Morgan fingerprint density at radius 3 is 2.73 bits per heavy atom. The van der Waals surface area contributed by atoms with Crippen LogP contribution in [0.5, 0.6) is 5.75 Å². The first kappa shape index (κ1) is 15.7. The number of nitrogens with zero attached hydrogens (tertiary/aromatic N) is 2. The van der Waals surface area contributed by atoms with Crippen molar-refractivity contribution in [1.82, 2.24) is 4.57 Å². The van der Waals surface area contributed by atoms with Crippen LogP contribution in [0.3, 0.4) is 0 Å². The molecule has 0 spiro atoms. The van der Waals surface area contributed by atoms with Gasteiger partial charge in [0.25, 0.3) is 11.2 Å². The lowest BCUT2D eigenvalue weighted by molar-refractivity contribution is -0.384. The van der Waals surface area contributed by atoms with E-state index >= 15 is 0 Å². The summed E-state index contributed by atoms with van der Waals surface area (Å²) in [6.45, 7) is 1.15. The van der Waals surface area contributed by atoms with Crippen LogP contribution in [0.25, 0.3) is 10.9 Å². The molecule has 0 amide bonds. The molecule has 136 valence electrons. The van der Waals surface area contributed by atoms with Gasteiger partial charge in [-0.1, -0.05) is 0 Å². The highest BCUT2D eigenvalue weighted by molar-refractivity contribution is 5.96. The third kappa shape index (κ3) is 2.62. The minimum atomic E-state index is -0.391. The summed E-state index contributed by atoms with van der Waals surface area (Å²) < 4.78 is 7.62. The fourth-order valence-corrected chi connectivity index (χ4v) is 3.95. The van der Waals surface area contributed by atoms with E-state index < -0.39 is 4.92 Å². The number of benzene rings is 1. The summed E-state index contributed by atoms with van der Waals surface area (Å²) in [4.78, 5) is 24.0. The van der Waals surface area contributed by atoms with E-state index in [9.17, 15) is 14.9 Å². The molecule has 7 heteroatoms. The number of nitrogens with one attached hydrogen (secondary N) is 1.